The maximum absolute atomic E-state index is 12.7. The van der Waals surface area contributed by atoms with Crippen LogP contribution in [0.4, 0.5) is 0 Å². The minimum Gasteiger partial charge on any atom is -0.472 e. The largest absolute Gasteiger partial charge is 0.472 e. The van der Waals surface area contributed by atoms with Crippen LogP contribution in [0, 0.1) is 6.92 Å². The average Bonchev–Trinajstić information content (AvgIpc) is 3.18. The average molecular weight is 422 g/mol. The minimum atomic E-state index is -0.950. The molecule has 1 heterocycles. The quantitative estimate of drug-likeness (QED) is 0.407. The van der Waals surface area contributed by atoms with Gasteiger partial charge in [-0.15, -0.1) is 15.0 Å². The number of hydrogen-bond acceptors (Lipinski definition) is 5. The molecule has 0 spiro atoms. The first kappa shape index (κ1) is 19.9. The van der Waals surface area contributed by atoms with E-state index in [4.69, 9.17) is 21.1 Å². The number of rotatable bonds is 6. The van der Waals surface area contributed by atoms with Crippen molar-refractivity contribution >= 4 is 28.6 Å². The third-order valence-corrected chi connectivity index (χ3v) is 4.79. The molecule has 0 saturated heterocycles. The Kier molecular flexibility index (Phi) is 5.68. The monoisotopic (exact) mass is 421 g/mol. The normalized spacial score (nSPS) is 12.0. The van der Waals surface area contributed by atoms with Crippen molar-refractivity contribution in [2.24, 2.45) is 0 Å². The molecule has 0 bridgehead atoms. The summed E-state index contributed by atoms with van der Waals surface area (Å²) in [5, 5.41) is 9.67. The highest BCUT2D eigenvalue weighted by Gasteiger charge is 2.26. The number of nitrogens with zero attached hydrogens (tertiary/aromatic N) is 3. The van der Waals surface area contributed by atoms with Gasteiger partial charge in [-0.25, -0.2) is 4.79 Å². The molecule has 1 unspecified atom stereocenters. The number of fused-ring (bicyclic) bond motifs is 1. The first-order valence-electron chi connectivity index (χ1n) is 9.57. The summed E-state index contributed by atoms with van der Waals surface area (Å²) in [6.45, 7) is 3.98. The van der Waals surface area contributed by atoms with Crippen molar-refractivity contribution in [2.75, 3.05) is 6.61 Å². The van der Waals surface area contributed by atoms with Gasteiger partial charge >= 0.3 is 5.97 Å². The summed E-state index contributed by atoms with van der Waals surface area (Å²) in [5.74, 6) is -0.0150. The number of esters is 1. The Morgan fingerprint density at radius 2 is 1.70 bits per heavy atom. The molecule has 1 aromatic heterocycles. The first-order valence-corrected chi connectivity index (χ1v) is 9.95. The van der Waals surface area contributed by atoms with Crippen molar-refractivity contribution in [3.8, 4) is 11.4 Å². The fourth-order valence-electron chi connectivity index (χ4n) is 3.09. The highest BCUT2D eigenvalue weighted by atomic mass is 35.5. The molecule has 0 aliphatic carbocycles. The van der Waals surface area contributed by atoms with Gasteiger partial charge in [0, 0.05) is 10.6 Å². The lowest BCUT2D eigenvalue weighted by atomic mass is 10.1. The predicted octanol–water partition coefficient (Wildman–Crippen LogP) is 5.07. The van der Waals surface area contributed by atoms with Crippen LogP contribution in [0.15, 0.2) is 66.7 Å². The third kappa shape index (κ3) is 4.14. The van der Waals surface area contributed by atoms with Crippen LogP contribution in [0.2, 0.25) is 5.02 Å². The third-order valence-electron chi connectivity index (χ3n) is 4.53. The van der Waals surface area contributed by atoms with E-state index in [1.165, 1.54) is 4.80 Å². The van der Waals surface area contributed by atoms with Crippen molar-refractivity contribution in [3.05, 3.63) is 82.9 Å². The van der Waals surface area contributed by atoms with Crippen LogP contribution in [0.5, 0.6) is 5.75 Å². The summed E-state index contributed by atoms with van der Waals surface area (Å²) < 4.78 is 11.4. The summed E-state index contributed by atoms with van der Waals surface area (Å²) >= 11 is 6.00. The highest BCUT2D eigenvalue weighted by Crippen LogP contribution is 2.30. The second kappa shape index (κ2) is 8.55. The Balaban J connectivity index is 1.76. The van der Waals surface area contributed by atoms with E-state index in [2.05, 4.69) is 10.2 Å². The molecule has 0 aliphatic rings. The Hall–Kier alpha value is -3.38. The first-order chi connectivity index (χ1) is 14.5. The Morgan fingerprint density at radius 3 is 2.33 bits per heavy atom. The van der Waals surface area contributed by atoms with E-state index in [1.807, 2.05) is 43.3 Å². The van der Waals surface area contributed by atoms with Crippen LogP contribution in [-0.2, 0) is 9.53 Å². The maximum atomic E-state index is 12.7. The molecule has 0 amide bonds. The molecule has 0 radical (unpaired) electrons. The molecule has 4 rings (SSSR count). The van der Waals surface area contributed by atoms with Gasteiger partial charge in [-0.1, -0.05) is 41.9 Å². The lowest BCUT2D eigenvalue weighted by Crippen LogP contribution is -2.22. The number of benzene rings is 3. The van der Waals surface area contributed by atoms with E-state index in [9.17, 15) is 4.79 Å². The summed E-state index contributed by atoms with van der Waals surface area (Å²) in [6.07, 6.45) is -0.950. The smallest absolute Gasteiger partial charge is 0.352 e. The van der Waals surface area contributed by atoms with E-state index in [1.54, 1.807) is 37.3 Å². The zero-order chi connectivity index (χ0) is 21.1. The SMILES string of the molecule is CCOC(=O)C(Oc1ccc(C)cc1-n1nc2ccccc2n1)c1ccc(Cl)cc1. The van der Waals surface area contributed by atoms with Gasteiger partial charge in [0.25, 0.3) is 0 Å². The fourth-order valence-corrected chi connectivity index (χ4v) is 3.21. The Labute approximate surface area is 179 Å². The molecular weight excluding hydrogens is 402 g/mol. The molecule has 0 fully saturated rings. The van der Waals surface area contributed by atoms with Gasteiger partial charge in [0.2, 0.25) is 6.10 Å². The molecule has 4 aromatic rings. The number of aromatic nitrogens is 3. The summed E-state index contributed by atoms with van der Waals surface area (Å²) in [7, 11) is 0. The van der Waals surface area contributed by atoms with E-state index >= 15 is 0 Å². The fraction of sp³-hybridized carbons (Fsp3) is 0.174. The molecule has 0 N–H and O–H groups in total. The van der Waals surface area contributed by atoms with Crippen molar-refractivity contribution in [1.82, 2.24) is 15.0 Å². The zero-order valence-corrected chi connectivity index (χ0v) is 17.3. The van der Waals surface area contributed by atoms with Gasteiger partial charge in [0.05, 0.1) is 6.61 Å². The van der Waals surface area contributed by atoms with Crippen molar-refractivity contribution < 1.29 is 14.3 Å². The van der Waals surface area contributed by atoms with Crippen LogP contribution >= 0.6 is 11.6 Å². The molecule has 152 valence electrons. The van der Waals surface area contributed by atoms with Gasteiger partial charge < -0.3 is 9.47 Å². The highest BCUT2D eigenvalue weighted by molar-refractivity contribution is 6.30. The maximum Gasteiger partial charge on any atom is 0.352 e. The zero-order valence-electron chi connectivity index (χ0n) is 16.6. The van der Waals surface area contributed by atoms with Crippen LogP contribution in [0.1, 0.15) is 24.2 Å². The van der Waals surface area contributed by atoms with E-state index in [0.29, 0.717) is 22.0 Å². The lowest BCUT2D eigenvalue weighted by Gasteiger charge is -2.20. The molecule has 3 aromatic carbocycles. The van der Waals surface area contributed by atoms with Gasteiger partial charge in [0.15, 0.2) is 0 Å². The van der Waals surface area contributed by atoms with Crippen molar-refractivity contribution in [1.29, 1.82) is 0 Å². The molecule has 0 aliphatic heterocycles. The van der Waals surface area contributed by atoms with Gasteiger partial charge in [0.1, 0.15) is 22.5 Å². The molecular formula is C23H20ClN3O3. The van der Waals surface area contributed by atoms with Crippen molar-refractivity contribution in [3.63, 3.8) is 0 Å². The van der Waals surface area contributed by atoms with Gasteiger partial charge in [-0.3, -0.25) is 0 Å². The van der Waals surface area contributed by atoms with E-state index in [0.717, 1.165) is 16.6 Å². The number of carbonyl (C=O) groups is 1. The van der Waals surface area contributed by atoms with E-state index in [-0.39, 0.29) is 6.61 Å². The molecule has 6 nitrogen and oxygen atoms in total. The number of aryl methyl sites for hydroxylation is 1. The standard InChI is InChI=1S/C23H20ClN3O3/c1-3-29-23(28)22(16-9-11-17(24)12-10-16)30-21-13-8-15(2)14-20(21)27-25-18-6-4-5-7-19(18)26-27/h4-14,22H,3H2,1-2H3. The molecule has 7 heteroatoms. The van der Waals surface area contributed by atoms with Crippen LogP contribution < -0.4 is 4.74 Å². The summed E-state index contributed by atoms with van der Waals surface area (Å²) in [4.78, 5) is 14.2. The second-order valence-corrected chi connectivity index (χ2v) is 7.19. The number of carbonyl (C=O) groups excluding carboxylic acids is 1. The van der Waals surface area contributed by atoms with Crippen molar-refractivity contribution in [2.45, 2.75) is 20.0 Å². The summed E-state index contributed by atoms with van der Waals surface area (Å²) in [5.41, 5.74) is 3.82. The number of ether oxygens (including phenoxy) is 2. The minimum absolute atomic E-state index is 0.249. The Morgan fingerprint density at radius 1 is 1.03 bits per heavy atom. The van der Waals surface area contributed by atoms with Crippen LogP contribution in [0.25, 0.3) is 16.7 Å². The van der Waals surface area contributed by atoms with E-state index < -0.39 is 12.1 Å². The number of hydrogen-bond donors (Lipinski definition) is 0. The molecule has 1 atom stereocenters. The lowest BCUT2D eigenvalue weighted by molar-refractivity contribution is -0.151. The van der Waals surface area contributed by atoms with Gasteiger partial charge in [-0.2, -0.15) is 0 Å². The number of halogens is 1. The topological polar surface area (TPSA) is 66.2 Å². The summed E-state index contributed by atoms with van der Waals surface area (Å²) in [6, 6.07) is 20.2. The van der Waals surface area contributed by atoms with Crippen LogP contribution in [0.3, 0.4) is 0 Å². The van der Waals surface area contributed by atoms with Gasteiger partial charge in [-0.05, 0) is 55.8 Å². The second-order valence-electron chi connectivity index (χ2n) is 6.75. The molecule has 30 heavy (non-hydrogen) atoms. The van der Waals surface area contributed by atoms with Crippen LogP contribution in [-0.4, -0.2) is 27.6 Å². The predicted molar refractivity (Wildman–Crippen MR) is 115 cm³/mol. The Bertz CT molecular complexity index is 1160. The molecule has 0 saturated carbocycles.